The van der Waals surface area contributed by atoms with Crippen LogP contribution in [-0.2, 0) is 4.79 Å². The molecule has 7 nitrogen and oxygen atoms in total. The van der Waals surface area contributed by atoms with Crippen LogP contribution < -0.4 is 15.4 Å². The van der Waals surface area contributed by atoms with Gasteiger partial charge in [0, 0.05) is 19.6 Å². The average Bonchev–Trinajstić information content (AvgIpc) is 2.79. The number of rotatable bonds is 9. The summed E-state index contributed by atoms with van der Waals surface area (Å²) in [4.78, 5) is 26.6. The predicted octanol–water partition coefficient (Wildman–Crippen LogP) is 2.70. The minimum atomic E-state index is -0.963. The number of likely N-dealkylation sites (tertiary alicyclic amines) is 1. The lowest BCUT2D eigenvalue weighted by molar-refractivity contribution is -0.130. The highest BCUT2D eigenvalue weighted by Gasteiger charge is 2.40. The van der Waals surface area contributed by atoms with Gasteiger partial charge in [0.1, 0.15) is 17.9 Å². The lowest BCUT2D eigenvalue weighted by Crippen LogP contribution is -2.62. The lowest BCUT2D eigenvalue weighted by Gasteiger charge is -2.40. The number of amides is 1. The maximum Gasteiger partial charge on any atom is 0.335 e. The van der Waals surface area contributed by atoms with Crippen LogP contribution in [0.1, 0.15) is 41.7 Å². The Morgan fingerprint density at radius 3 is 2.35 bits per heavy atom. The number of hydrogen-bond acceptors (Lipinski definition) is 5. The van der Waals surface area contributed by atoms with Gasteiger partial charge in [-0.05, 0) is 56.6 Å². The maximum atomic E-state index is 13.3. The topological polar surface area (TPSA) is 90.9 Å². The van der Waals surface area contributed by atoms with Crippen molar-refractivity contribution < 1.29 is 19.4 Å². The minimum absolute atomic E-state index is 0.0323. The van der Waals surface area contributed by atoms with E-state index in [9.17, 15) is 9.59 Å². The van der Waals surface area contributed by atoms with E-state index >= 15 is 0 Å². The van der Waals surface area contributed by atoms with Gasteiger partial charge >= 0.3 is 5.97 Å². The van der Waals surface area contributed by atoms with Crippen molar-refractivity contribution in [2.75, 3.05) is 33.3 Å². The Bertz CT molecular complexity index is 862. The number of para-hydroxylation sites is 1. The van der Waals surface area contributed by atoms with Gasteiger partial charge in [0.25, 0.3) is 0 Å². The van der Waals surface area contributed by atoms with Gasteiger partial charge in [0.05, 0.1) is 11.6 Å². The molecule has 1 atom stereocenters. The van der Waals surface area contributed by atoms with Gasteiger partial charge in [-0.15, -0.1) is 0 Å². The van der Waals surface area contributed by atoms with Crippen molar-refractivity contribution in [2.24, 2.45) is 0 Å². The normalized spacial score (nSPS) is 17.0. The molecule has 0 aromatic heterocycles. The molecule has 1 heterocycles. The first-order valence-electron chi connectivity index (χ1n) is 10.7. The molecular weight excluding hydrogens is 394 g/mol. The second-order valence-corrected chi connectivity index (χ2v) is 8.10. The predicted molar refractivity (Wildman–Crippen MR) is 119 cm³/mol. The Kier molecular flexibility index (Phi) is 7.65. The molecule has 2 aromatic rings. The minimum Gasteiger partial charge on any atom is -0.492 e. The maximum absolute atomic E-state index is 13.3. The first-order chi connectivity index (χ1) is 14.9. The van der Waals surface area contributed by atoms with Crippen LogP contribution in [0.5, 0.6) is 5.75 Å². The summed E-state index contributed by atoms with van der Waals surface area (Å²) >= 11 is 0. The highest BCUT2D eigenvalue weighted by Crippen LogP contribution is 2.24. The fraction of sp³-hybridized carbons (Fsp3) is 0.417. The van der Waals surface area contributed by atoms with E-state index in [1.807, 2.05) is 37.3 Å². The molecule has 0 spiro atoms. The van der Waals surface area contributed by atoms with Gasteiger partial charge in [0.2, 0.25) is 5.91 Å². The number of ether oxygens (including phenoxy) is 1. The van der Waals surface area contributed by atoms with Crippen LogP contribution in [0, 0.1) is 0 Å². The van der Waals surface area contributed by atoms with Crippen molar-refractivity contribution in [2.45, 2.75) is 31.3 Å². The van der Waals surface area contributed by atoms with E-state index in [2.05, 4.69) is 22.6 Å². The van der Waals surface area contributed by atoms with E-state index < -0.39 is 11.5 Å². The van der Waals surface area contributed by atoms with Gasteiger partial charge in [-0.25, -0.2) is 4.79 Å². The molecule has 0 bridgehead atoms. The molecule has 0 saturated carbocycles. The zero-order valence-electron chi connectivity index (χ0n) is 18.1. The quantitative estimate of drug-likeness (QED) is 0.535. The summed E-state index contributed by atoms with van der Waals surface area (Å²) < 4.78 is 5.77. The van der Waals surface area contributed by atoms with E-state index in [-0.39, 0.29) is 17.5 Å². The molecule has 3 rings (SSSR count). The van der Waals surface area contributed by atoms with Crippen LogP contribution in [0.15, 0.2) is 54.6 Å². The Balaban J connectivity index is 1.61. The Hall–Kier alpha value is -2.90. The number of piperidine rings is 1. The highest BCUT2D eigenvalue weighted by atomic mass is 16.5. The summed E-state index contributed by atoms with van der Waals surface area (Å²) in [6, 6.07) is 16.0. The molecule has 0 radical (unpaired) electrons. The number of nitrogens with one attached hydrogen (secondary N) is 2. The smallest absolute Gasteiger partial charge is 0.335 e. The zero-order valence-corrected chi connectivity index (χ0v) is 18.1. The van der Waals surface area contributed by atoms with Crippen molar-refractivity contribution >= 4 is 11.9 Å². The molecule has 3 N–H and O–H groups in total. The van der Waals surface area contributed by atoms with Gasteiger partial charge in [-0.2, -0.15) is 0 Å². The Morgan fingerprint density at radius 2 is 1.74 bits per heavy atom. The van der Waals surface area contributed by atoms with E-state index in [0.29, 0.717) is 26.0 Å². The van der Waals surface area contributed by atoms with Crippen molar-refractivity contribution in [3.8, 4) is 5.75 Å². The van der Waals surface area contributed by atoms with Crippen LogP contribution >= 0.6 is 0 Å². The average molecular weight is 426 g/mol. The Labute approximate surface area is 183 Å². The van der Waals surface area contributed by atoms with E-state index in [1.54, 1.807) is 24.3 Å². The molecule has 1 fully saturated rings. The summed E-state index contributed by atoms with van der Waals surface area (Å²) in [5.74, 6) is -0.185. The monoisotopic (exact) mass is 425 g/mol. The third-order valence-corrected chi connectivity index (χ3v) is 5.86. The van der Waals surface area contributed by atoms with Crippen LogP contribution in [-0.4, -0.2) is 60.7 Å². The third kappa shape index (κ3) is 6.06. The fourth-order valence-electron chi connectivity index (χ4n) is 3.79. The lowest BCUT2D eigenvalue weighted by atomic mass is 9.86. The molecule has 0 unspecified atom stereocenters. The number of aromatic carboxylic acids is 1. The number of carbonyl (C=O) groups is 2. The highest BCUT2D eigenvalue weighted by molar-refractivity contribution is 5.88. The summed E-state index contributed by atoms with van der Waals surface area (Å²) in [7, 11) is 2.06. The van der Waals surface area contributed by atoms with Crippen LogP contribution in [0.4, 0.5) is 0 Å². The number of nitrogens with zero attached hydrogens (tertiary/aromatic N) is 1. The molecule has 0 aliphatic carbocycles. The summed E-state index contributed by atoms with van der Waals surface area (Å²) in [6.07, 6.45) is 1.43. The van der Waals surface area contributed by atoms with Gasteiger partial charge < -0.3 is 20.1 Å². The summed E-state index contributed by atoms with van der Waals surface area (Å²) in [5, 5.41) is 15.7. The second kappa shape index (κ2) is 10.4. The van der Waals surface area contributed by atoms with Crippen molar-refractivity contribution in [3.05, 3.63) is 65.7 Å². The second-order valence-electron chi connectivity index (χ2n) is 8.10. The molecule has 1 saturated heterocycles. The molecule has 1 aliphatic rings. The molecule has 7 heteroatoms. The number of benzene rings is 2. The molecule has 1 amide bonds. The van der Waals surface area contributed by atoms with E-state index in [1.165, 1.54) is 0 Å². The van der Waals surface area contributed by atoms with Crippen LogP contribution in [0.3, 0.4) is 0 Å². The van der Waals surface area contributed by atoms with Gasteiger partial charge in [-0.3, -0.25) is 10.1 Å². The SMILES string of the molecule is C[C@H](NC(=O)C1(NCCOc2ccccc2)CCN(C)CC1)c1ccc(C(=O)O)cc1. The first-order valence-corrected chi connectivity index (χ1v) is 10.7. The molecular formula is C24H31N3O4. The number of carboxylic acid groups (broad SMARTS) is 1. The van der Waals surface area contributed by atoms with Crippen molar-refractivity contribution in [1.82, 2.24) is 15.5 Å². The number of carboxylic acids is 1. The molecule has 2 aromatic carbocycles. The van der Waals surface area contributed by atoms with Gasteiger partial charge in [-0.1, -0.05) is 30.3 Å². The summed E-state index contributed by atoms with van der Waals surface area (Å²) in [5.41, 5.74) is 0.449. The van der Waals surface area contributed by atoms with E-state index in [0.717, 1.165) is 24.4 Å². The number of hydrogen-bond donors (Lipinski definition) is 3. The van der Waals surface area contributed by atoms with E-state index in [4.69, 9.17) is 9.84 Å². The molecule has 31 heavy (non-hydrogen) atoms. The third-order valence-electron chi connectivity index (χ3n) is 5.86. The van der Waals surface area contributed by atoms with Crippen molar-refractivity contribution in [3.63, 3.8) is 0 Å². The molecule has 1 aliphatic heterocycles. The number of carbonyl (C=O) groups excluding carboxylic acids is 1. The Morgan fingerprint density at radius 1 is 1.10 bits per heavy atom. The van der Waals surface area contributed by atoms with Crippen LogP contribution in [0.2, 0.25) is 0 Å². The van der Waals surface area contributed by atoms with Crippen LogP contribution in [0.25, 0.3) is 0 Å². The largest absolute Gasteiger partial charge is 0.492 e. The fourth-order valence-corrected chi connectivity index (χ4v) is 3.79. The standard InChI is InChI=1S/C24H31N3O4/c1-18(19-8-10-20(11-9-19)22(28)29)26-23(30)24(12-15-27(2)16-13-24)25-14-17-31-21-6-4-3-5-7-21/h3-11,18,25H,12-17H2,1-2H3,(H,26,30)(H,28,29)/t18-/m0/s1. The van der Waals surface area contributed by atoms with Crippen molar-refractivity contribution in [1.29, 1.82) is 0 Å². The first kappa shape index (κ1) is 22.8. The summed E-state index contributed by atoms with van der Waals surface area (Å²) in [6.45, 7) is 4.62. The zero-order chi connectivity index (χ0) is 22.3. The molecule has 166 valence electrons. The van der Waals surface area contributed by atoms with Gasteiger partial charge in [0.15, 0.2) is 0 Å².